The molecule has 0 fully saturated rings. The summed E-state index contributed by atoms with van der Waals surface area (Å²) in [5.74, 6) is 0.0927. The van der Waals surface area contributed by atoms with Crippen LogP contribution >= 0.6 is 11.3 Å². The number of rotatable bonds is 4. The minimum Gasteiger partial charge on any atom is -0.496 e. The summed E-state index contributed by atoms with van der Waals surface area (Å²) < 4.78 is 18.3. The lowest BCUT2D eigenvalue weighted by Crippen LogP contribution is -2.05. The number of ether oxygens (including phenoxy) is 1. The molecule has 2 rings (SSSR count). The predicted octanol–water partition coefficient (Wildman–Crippen LogP) is 2.88. The maximum atomic E-state index is 13.2. The van der Waals surface area contributed by atoms with Crippen molar-refractivity contribution in [3.8, 4) is 5.75 Å². The van der Waals surface area contributed by atoms with Crippen LogP contribution in [-0.2, 0) is 6.42 Å². The Hall–Kier alpha value is -1.46. The fraction of sp³-hybridized carbons (Fsp3) is 0.308. The molecule has 0 saturated carbocycles. The Morgan fingerprint density at radius 1 is 1.50 bits per heavy atom. The van der Waals surface area contributed by atoms with Gasteiger partial charge in [0.05, 0.1) is 23.9 Å². The topological polar surface area (TPSA) is 42.4 Å². The second kappa shape index (κ2) is 5.46. The number of hydrogen-bond donors (Lipinski definition) is 1. The summed E-state index contributed by atoms with van der Waals surface area (Å²) in [7, 11) is 1.50. The number of methoxy groups -OCH3 is 1. The summed E-state index contributed by atoms with van der Waals surface area (Å²) in [5.41, 5.74) is 1.25. The normalized spacial score (nSPS) is 12.4. The molecule has 0 aliphatic rings. The van der Waals surface area contributed by atoms with E-state index in [2.05, 4.69) is 4.98 Å². The number of aryl methyl sites for hydroxylation is 1. The highest BCUT2D eigenvalue weighted by Crippen LogP contribution is 2.28. The average molecular weight is 267 g/mol. The Bertz CT molecular complexity index is 542. The van der Waals surface area contributed by atoms with Crippen LogP contribution in [0.1, 0.15) is 22.4 Å². The third-order valence-corrected chi connectivity index (χ3v) is 3.44. The molecular weight excluding hydrogens is 253 g/mol. The standard InChI is InChI=1S/C13H14FNO2S/c1-8-15-10(7-18-8)6-12(16)11-5-9(14)3-4-13(11)17-2/h3-5,7,12,16H,6H2,1-2H3. The molecule has 1 heterocycles. The molecule has 0 aliphatic heterocycles. The van der Waals surface area contributed by atoms with Crippen molar-refractivity contribution < 1.29 is 14.2 Å². The highest BCUT2D eigenvalue weighted by atomic mass is 32.1. The lowest BCUT2D eigenvalue weighted by atomic mass is 10.0. The van der Waals surface area contributed by atoms with Crippen LogP contribution in [0.5, 0.6) is 5.75 Å². The van der Waals surface area contributed by atoms with Crippen molar-refractivity contribution >= 4 is 11.3 Å². The van der Waals surface area contributed by atoms with Crippen molar-refractivity contribution in [1.29, 1.82) is 0 Å². The van der Waals surface area contributed by atoms with E-state index in [4.69, 9.17) is 4.74 Å². The summed E-state index contributed by atoms with van der Waals surface area (Å²) in [6.07, 6.45) is -0.471. The monoisotopic (exact) mass is 267 g/mol. The summed E-state index contributed by atoms with van der Waals surface area (Å²) in [5, 5.41) is 13.0. The molecule has 0 spiro atoms. The van der Waals surface area contributed by atoms with Crippen molar-refractivity contribution in [3.63, 3.8) is 0 Å². The van der Waals surface area contributed by atoms with E-state index in [9.17, 15) is 9.50 Å². The lowest BCUT2D eigenvalue weighted by Gasteiger charge is -2.13. The highest BCUT2D eigenvalue weighted by Gasteiger charge is 2.16. The molecule has 0 saturated heterocycles. The maximum Gasteiger partial charge on any atom is 0.124 e. The summed E-state index contributed by atoms with van der Waals surface area (Å²) in [6, 6.07) is 4.12. The van der Waals surface area contributed by atoms with Gasteiger partial charge >= 0.3 is 0 Å². The number of hydrogen-bond acceptors (Lipinski definition) is 4. The summed E-state index contributed by atoms with van der Waals surface area (Å²) in [6.45, 7) is 1.91. The van der Waals surface area contributed by atoms with Crippen LogP contribution in [0, 0.1) is 12.7 Å². The SMILES string of the molecule is COc1ccc(F)cc1C(O)Cc1csc(C)n1. The maximum absolute atomic E-state index is 13.2. The second-order valence-electron chi connectivity index (χ2n) is 3.96. The van der Waals surface area contributed by atoms with E-state index in [1.165, 1.54) is 36.6 Å². The number of aliphatic hydroxyl groups is 1. The Balaban J connectivity index is 2.22. The molecule has 96 valence electrons. The zero-order valence-electron chi connectivity index (χ0n) is 10.2. The van der Waals surface area contributed by atoms with E-state index in [1.54, 1.807) is 0 Å². The molecule has 18 heavy (non-hydrogen) atoms. The Morgan fingerprint density at radius 3 is 2.89 bits per heavy atom. The first-order valence-electron chi connectivity index (χ1n) is 5.52. The third kappa shape index (κ3) is 2.86. The average Bonchev–Trinajstić information content (AvgIpc) is 2.74. The number of thiazole rings is 1. The molecule has 5 heteroatoms. The van der Waals surface area contributed by atoms with E-state index in [0.717, 1.165) is 10.7 Å². The van der Waals surface area contributed by atoms with Crippen molar-refractivity contribution in [2.45, 2.75) is 19.4 Å². The van der Waals surface area contributed by atoms with E-state index in [0.29, 0.717) is 17.7 Å². The van der Waals surface area contributed by atoms with Crippen LogP contribution in [0.2, 0.25) is 0 Å². The van der Waals surface area contributed by atoms with E-state index < -0.39 is 6.10 Å². The van der Waals surface area contributed by atoms with Crippen molar-refractivity contribution in [3.05, 3.63) is 45.7 Å². The summed E-state index contributed by atoms with van der Waals surface area (Å²) in [4.78, 5) is 4.28. The van der Waals surface area contributed by atoms with Gasteiger partial charge in [-0.2, -0.15) is 0 Å². The molecule has 0 amide bonds. The van der Waals surface area contributed by atoms with Gasteiger partial charge in [0.15, 0.2) is 0 Å². The van der Waals surface area contributed by atoms with Gasteiger partial charge in [-0.3, -0.25) is 0 Å². The largest absolute Gasteiger partial charge is 0.496 e. The Morgan fingerprint density at radius 2 is 2.28 bits per heavy atom. The zero-order valence-corrected chi connectivity index (χ0v) is 11.0. The van der Waals surface area contributed by atoms with E-state index in [-0.39, 0.29) is 5.82 Å². The number of nitrogens with zero attached hydrogens (tertiary/aromatic N) is 1. The number of aliphatic hydroxyl groups excluding tert-OH is 1. The molecule has 3 nitrogen and oxygen atoms in total. The van der Waals surface area contributed by atoms with Crippen LogP contribution in [0.25, 0.3) is 0 Å². The molecule has 1 aromatic carbocycles. The number of benzene rings is 1. The first-order valence-corrected chi connectivity index (χ1v) is 6.40. The molecule has 1 unspecified atom stereocenters. The molecule has 1 atom stereocenters. The van der Waals surface area contributed by atoms with Gasteiger partial charge in [-0.25, -0.2) is 9.37 Å². The van der Waals surface area contributed by atoms with Gasteiger partial charge in [-0.1, -0.05) is 0 Å². The van der Waals surface area contributed by atoms with Gasteiger partial charge in [0.25, 0.3) is 0 Å². The first-order chi connectivity index (χ1) is 8.60. The fourth-order valence-electron chi connectivity index (χ4n) is 1.78. The molecule has 0 bridgehead atoms. The second-order valence-corrected chi connectivity index (χ2v) is 5.03. The van der Waals surface area contributed by atoms with Gasteiger partial charge in [0, 0.05) is 17.4 Å². The fourth-order valence-corrected chi connectivity index (χ4v) is 2.40. The van der Waals surface area contributed by atoms with Crippen LogP contribution < -0.4 is 4.74 Å². The quantitative estimate of drug-likeness (QED) is 0.926. The van der Waals surface area contributed by atoms with Crippen LogP contribution in [0.15, 0.2) is 23.6 Å². The highest BCUT2D eigenvalue weighted by molar-refractivity contribution is 7.09. The molecular formula is C13H14FNO2S. The predicted molar refractivity (Wildman–Crippen MR) is 68.5 cm³/mol. The Kier molecular flexibility index (Phi) is 3.93. The van der Waals surface area contributed by atoms with Crippen LogP contribution in [-0.4, -0.2) is 17.2 Å². The van der Waals surface area contributed by atoms with E-state index >= 15 is 0 Å². The molecule has 0 aliphatic carbocycles. The van der Waals surface area contributed by atoms with Gasteiger partial charge in [0.1, 0.15) is 11.6 Å². The zero-order chi connectivity index (χ0) is 13.1. The molecule has 1 aromatic heterocycles. The first kappa shape index (κ1) is 13.0. The van der Waals surface area contributed by atoms with Crippen molar-refractivity contribution in [2.75, 3.05) is 7.11 Å². The molecule has 2 aromatic rings. The van der Waals surface area contributed by atoms with Crippen molar-refractivity contribution in [2.24, 2.45) is 0 Å². The van der Waals surface area contributed by atoms with Gasteiger partial charge in [-0.15, -0.1) is 11.3 Å². The van der Waals surface area contributed by atoms with Gasteiger partial charge in [0.2, 0.25) is 0 Å². The smallest absolute Gasteiger partial charge is 0.124 e. The van der Waals surface area contributed by atoms with Crippen LogP contribution in [0.4, 0.5) is 4.39 Å². The molecule has 1 N–H and O–H groups in total. The summed E-state index contributed by atoms with van der Waals surface area (Å²) >= 11 is 1.53. The minimum absolute atomic E-state index is 0.351. The number of halogens is 1. The number of aromatic nitrogens is 1. The minimum atomic E-state index is -0.822. The molecule has 0 radical (unpaired) electrons. The van der Waals surface area contributed by atoms with Gasteiger partial charge < -0.3 is 9.84 Å². The third-order valence-electron chi connectivity index (χ3n) is 2.62. The Labute approximate surface area is 109 Å². The van der Waals surface area contributed by atoms with Crippen molar-refractivity contribution in [1.82, 2.24) is 4.98 Å². The van der Waals surface area contributed by atoms with E-state index in [1.807, 2.05) is 12.3 Å². The van der Waals surface area contributed by atoms with Gasteiger partial charge in [-0.05, 0) is 25.1 Å². The van der Waals surface area contributed by atoms with Crippen LogP contribution in [0.3, 0.4) is 0 Å². The lowest BCUT2D eigenvalue weighted by molar-refractivity contribution is 0.172.